The predicted molar refractivity (Wildman–Crippen MR) is 136 cm³/mol. The fourth-order valence-electron chi connectivity index (χ4n) is 2.96. The normalized spacial score (nSPS) is 10.4. The van der Waals surface area contributed by atoms with Crippen molar-refractivity contribution in [1.82, 2.24) is 0 Å². The molecular weight excluding hydrogens is 527 g/mol. The van der Waals surface area contributed by atoms with Gasteiger partial charge in [0.05, 0.1) is 16.7 Å². The summed E-state index contributed by atoms with van der Waals surface area (Å²) in [6.45, 7) is 0. The Balaban J connectivity index is 1.61. The minimum Gasteiger partial charge on any atom is -0.423 e. The monoisotopic (exact) mass is 540 g/mol. The Hall–Kier alpha value is -3.84. The second kappa shape index (κ2) is 11.3. The van der Waals surface area contributed by atoms with Gasteiger partial charge in [0, 0.05) is 21.1 Å². The summed E-state index contributed by atoms with van der Waals surface area (Å²) in [6, 6.07) is 22.2. The number of rotatable bonds is 6. The van der Waals surface area contributed by atoms with Crippen molar-refractivity contribution < 1.29 is 28.6 Å². The third kappa shape index (κ3) is 6.43. The number of carbonyl (C=O) groups excluding carboxylic acids is 3. The quantitative estimate of drug-likeness (QED) is 0.188. The van der Waals surface area contributed by atoms with Crippen molar-refractivity contribution in [1.29, 1.82) is 0 Å². The molecule has 180 valence electrons. The molecule has 0 atom stereocenters. The summed E-state index contributed by atoms with van der Waals surface area (Å²) in [4.78, 5) is 37.9. The van der Waals surface area contributed by atoms with Crippen LogP contribution in [0, 0.1) is 0 Å². The molecular formula is C27H15Cl3O6. The zero-order chi connectivity index (χ0) is 25.7. The zero-order valence-electron chi connectivity index (χ0n) is 18.2. The van der Waals surface area contributed by atoms with E-state index in [9.17, 15) is 14.4 Å². The van der Waals surface area contributed by atoms with Crippen LogP contribution >= 0.6 is 34.8 Å². The lowest BCUT2D eigenvalue weighted by Crippen LogP contribution is -2.13. The summed E-state index contributed by atoms with van der Waals surface area (Å²) in [6.07, 6.45) is 0. The molecule has 9 heteroatoms. The second-order valence-corrected chi connectivity index (χ2v) is 8.61. The van der Waals surface area contributed by atoms with Crippen molar-refractivity contribution in [2.24, 2.45) is 0 Å². The molecule has 0 heterocycles. The summed E-state index contributed by atoms with van der Waals surface area (Å²) in [5.41, 5.74) is 0.697. The molecule has 0 aromatic heterocycles. The van der Waals surface area contributed by atoms with Gasteiger partial charge < -0.3 is 14.2 Å². The van der Waals surface area contributed by atoms with Crippen molar-refractivity contribution in [3.05, 3.63) is 123 Å². The second-order valence-electron chi connectivity index (χ2n) is 7.30. The van der Waals surface area contributed by atoms with Gasteiger partial charge in [-0.3, -0.25) is 0 Å². The lowest BCUT2D eigenvalue weighted by Gasteiger charge is -2.13. The first-order valence-corrected chi connectivity index (χ1v) is 11.5. The topological polar surface area (TPSA) is 78.9 Å². The van der Waals surface area contributed by atoms with E-state index in [2.05, 4.69) is 0 Å². The van der Waals surface area contributed by atoms with E-state index >= 15 is 0 Å². The van der Waals surface area contributed by atoms with Crippen LogP contribution in [0.15, 0.2) is 91.0 Å². The maximum Gasteiger partial charge on any atom is 0.343 e. The zero-order valence-corrected chi connectivity index (χ0v) is 20.5. The molecule has 0 saturated carbocycles. The average Bonchev–Trinajstić information content (AvgIpc) is 2.86. The summed E-state index contributed by atoms with van der Waals surface area (Å²) in [5, 5.41) is 1.37. The number of hydrogen-bond donors (Lipinski definition) is 0. The van der Waals surface area contributed by atoms with Crippen LogP contribution in [0.4, 0.5) is 0 Å². The van der Waals surface area contributed by atoms with Crippen molar-refractivity contribution in [3.8, 4) is 17.2 Å². The van der Waals surface area contributed by atoms with Crippen molar-refractivity contribution in [2.75, 3.05) is 0 Å². The van der Waals surface area contributed by atoms with E-state index in [1.807, 2.05) is 0 Å². The average molecular weight is 542 g/mol. The van der Waals surface area contributed by atoms with Crippen molar-refractivity contribution in [2.45, 2.75) is 0 Å². The maximum absolute atomic E-state index is 12.7. The summed E-state index contributed by atoms with van der Waals surface area (Å²) < 4.78 is 16.3. The standard InChI is InChI=1S/C27H15Cl3O6/c28-19-7-1-16(2-8-19)25(31)34-22-13-14-23(35-26(32)17-3-9-20(29)10-4-17)24(15-22)36-27(33)18-5-11-21(30)12-6-18/h1-15H. The third-order valence-electron chi connectivity index (χ3n) is 4.77. The maximum atomic E-state index is 12.7. The van der Waals surface area contributed by atoms with Crippen LogP contribution in [-0.2, 0) is 0 Å². The lowest BCUT2D eigenvalue weighted by molar-refractivity contribution is 0.0679. The van der Waals surface area contributed by atoms with Crippen LogP contribution in [0.1, 0.15) is 31.1 Å². The van der Waals surface area contributed by atoms with Gasteiger partial charge >= 0.3 is 17.9 Å². The molecule has 4 aromatic rings. The van der Waals surface area contributed by atoms with Crippen LogP contribution in [0.5, 0.6) is 17.2 Å². The Morgan fingerprint density at radius 2 is 0.806 bits per heavy atom. The van der Waals surface area contributed by atoms with Crippen LogP contribution in [0.2, 0.25) is 15.1 Å². The number of esters is 3. The van der Waals surface area contributed by atoms with Crippen LogP contribution < -0.4 is 14.2 Å². The number of hydrogen-bond acceptors (Lipinski definition) is 6. The van der Waals surface area contributed by atoms with Gasteiger partial charge in [-0.1, -0.05) is 34.8 Å². The summed E-state index contributed by atoms with van der Waals surface area (Å²) >= 11 is 17.6. The number of benzene rings is 4. The first kappa shape index (κ1) is 25.3. The first-order valence-electron chi connectivity index (χ1n) is 10.4. The molecule has 0 aliphatic carbocycles. The molecule has 0 aliphatic heterocycles. The highest BCUT2D eigenvalue weighted by atomic mass is 35.5. The first-order chi connectivity index (χ1) is 17.3. The number of carbonyl (C=O) groups is 3. The molecule has 0 spiro atoms. The molecule has 6 nitrogen and oxygen atoms in total. The van der Waals surface area contributed by atoms with Gasteiger partial charge in [0.15, 0.2) is 11.5 Å². The number of halogens is 3. The molecule has 0 radical (unpaired) electrons. The Kier molecular flexibility index (Phi) is 7.90. The van der Waals surface area contributed by atoms with Gasteiger partial charge in [0.1, 0.15) is 5.75 Å². The van der Waals surface area contributed by atoms with Gasteiger partial charge in [-0.05, 0) is 84.9 Å². The Bertz CT molecular complexity index is 1420. The molecule has 0 saturated heterocycles. The van der Waals surface area contributed by atoms with Gasteiger partial charge in [-0.2, -0.15) is 0 Å². The summed E-state index contributed by atoms with van der Waals surface area (Å²) in [5.74, 6) is -2.26. The Labute approximate surface area is 220 Å². The van der Waals surface area contributed by atoms with Crippen LogP contribution in [0.3, 0.4) is 0 Å². The highest BCUT2D eigenvalue weighted by Gasteiger charge is 2.19. The summed E-state index contributed by atoms with van der Waals surface area (Å²) in [7, 11) is 0. The SMILES string of the molecule is O=C(Oc1ccc(OC(=O)c2ccc(Cl)cc2)c(OC(=O)c2ccc(Cl)cc2)c1)c1ccc(Cl)cc1. The smallest absolute Gasteiger partial charge is 0.343 e. The predicted octanol–water partition coefficient (Wildman–Crippen LogP) is 7.30. The third-order valence-corrected chi connectivity index (χ3v) is 5.53. The van der Waals surface area contributed by atoms with E-state index in [0.717, 1.165) is 0 Å². The Morgan fingerprint density at radius 1 is 0.444 bits per heavy atom. The molecule has 0 amide bonds. The van der Waals surface area contributed by atoms with Gasteiger partial charge in [-0.15, -0.1) is 0 Å². The molecule has 0 aliphatic rings. The van der Waals surface area contributed by atoms with E-state index in [4.69, 9.17) is 49.0 Å². The minimum absolute atomic E-state index is 0.0557. The lowest BCUT2D eigenvalue weighted by atomic mass is 10.2. The van der Waals surface area contributed by atoms with E-state index in [1.54, 1.807) is 24.3 Å². The highest BCUT2D eigenvalue weighted by molar-refractivity contribution is 6.31. The highest BCUT2D eigenvalue weighted by Crippen LogP contribution is 2.33. The van der Waals surface area contributed by atoms with Crippen LogP contribution in [-0.4, -0.2) is 17.9 Å². The van der Waals surface area contributed by atoms with Crippen molar-refractivity contribution >= 4 is 52.7 Å². The molecule has 0 bridgehead atoms. The van der Waals surface area contributed by atoms with Gasteiger partial charge in [0.25, 0.3) is 0 Å². The fourth-order valence-corrected chi connectivity index (χ4v) is 3.34. The fraction of sp³-hybridized carbons (Fsp3) is 0. The van der Waals surface area contributed by atoms with Gasteiger partial charge in [-0.25, -0.2) is 14.4 Å². The van der Waals surface area contributed by atoms with E-state index in [-0.39, 0.29) is 33.9 Å². The molecule has 0 fully saturated rings. The van der Waals surface area contributed by atoms with Crippen LogP contribution in [0.25, 0.3) is 0 Å². The molecule has 0 N–H and O–H groups in total. The largest absolute Gasteiger partial charge is 0.423 e. The molecule has 4 rings (SSSR count). The molecule has 4 aromatic carbocycles. The van der Waals surface area contributed by atoms with E-state index in [0.29, 0.717) is 15.1 Å². The molecule has 36 heavy (non-hydrogen) atoms. The van der Waals surface area contributed by atoms with Crippen molar-refractivity contribution in [3.63, 3.8) is 0 Å². The number of ether oxygens (including phenoxy) is 3. The minimum atomic E-state index is -0.739. The molecule has 0 unspecified atom stereocenters. The van der Waals surface area contributed by atoms with Gasteiger partial charge in [0.2, 0.25) is 0 Å². The van der Waals surface area contributed by atoms with E-state index < -0.39 is 17.9 Å². The Morgan fingerprint density at radius 3 is 1.22 bits per heavy atom. The van der Waals surface area contributed by atoms with E-state index in [1.165, 1.54) is 66.7 Å².